The van der Waals surface area contributed by atoms with Gasteiger partial charge >= 0.3 is 0 Å². The molecular weight excluding hydrogens is 356 g/mol. The second-order valence-corrected chi connectivity index (χ2v) is 6.83. The maximum Gasteiger partial charge on any atom is 0.0809 e. The van der Waals surface area contributed by atoms with Crippen molar-refractivity contribution in [1.82, 2.24) is 4.98 Å². The second-order valence-electron chi connectivity index (χ2n) is 4.56. The third-order valence-corrected chi connectivity index (χ3v) is 4.80. The summed E-state index contributed by atoms with van der Waals surface area (Å²) < 4.78 is 2.21. The van der Waals surface area contributed by atoms with Crippen LogP contribution in [0.25, 0.3) is 10.2 Å². The first-order chi connectivity index (χ1) is 9.63. The lowest BCUT2D eigenvalue weighted by atomic mass is 10.1. The number of pyridine rings is 1. The number of nitrogens with one attached hydrogen (secondary N) is 1. The summed E-state index contributed by atoms with van der Waals surface area (Å²) in [6.07, 6.45) is 1.92. The molecule has 2 nitrogen and oxygen atoms in total. The fourth-order valence-electron chi connectivity index (χ4n) is 2.02. The molecule has 0 spiro atoms. The topological polar surface area (TPSA) is 24.9 Å². The average molecular weight is 368 g/mol. The third-order valence-electron chi connectivity index (χ3n) is 3.12. The summed E-state index contributed by atoms with van der Waals surface area (Å²) in [7, 11) is 0. The molecule has 3 aromatic rings. The smallest absolute Gasteiger partial charge is 0.0809 e. The molecule has 5 heteroatoms. The highest BCUT2D eigenvalue weighted by Gasteiger charge is 2.10. The van der Waals surface area contributed by atoms with Gasteiger partial charge in [-0.2, -0.15) is 0 Å². The molecule has 2 aromatic heterocycles. The molecule has 1 aromatic carbocycles. The molecule has 0 radical (unpaired) electrons. The maximum absolute atomic E-state index is 6.21. The molecule has 0 amide bonds. The summed E-state index contributed by atoms with van der Waals surface area (Å²) in [5.74, 6) is 0. The molecule has 0 aliphatic carbocycles. The first-order valence-electron chi connectivity index (χ1n) is 6.18. The molecule has 0 saturated heterocycles. The van der Waals surface area contributed by atoms with E-state index >= 15 is 0 Å². The van der Waals surface area contributed by atoms with E-state index in [0.717, 1.165) is 21.2 Å². The summed E-state index contributed by atoms with van der Waals surface area (Å²) in [4.78, 5) is 4.47. The number of thiophene rings is 1. The minimum absolute atomic E-state index is 0.140. The van der Waals surface area contributed by atoms with E-state index in [0.29, 0.717) is 5.02 Å². The van der Waals surface area contributed by atoms with Crippen molar-refractivity contribution < 1.29 is 0 Å². The molecule has 102 valence electrons. The Morgan fingerprint density at radius 1 is 1.30 bits per heavy atom. The molecule has 0 fully saturated rings. The van der Waals surface area contributed by atoms with E-state index in [4.69, 9.17) is 11.6 Å². The highest BCUT2D eigenvalue weighted by Crippen LogP contribution is 2.30. The van der Waals surface area contributed by atoms with Crippen molar-refractivity contribution in [2.45, 2.75) is 13.0 Å². The number of fused-ring (bicyclic) bond motifs is 1. The minimum Gasteiger partial charge on any atom is -0.377 e. The Kier molecular flexibility index (Phi) is 3.96. The molecule has 0 aliphatic heterocycles. The Bertz CT molecular complexity index is 756. The fraction of sp³-hybridized carbons (Fsp3) is 0.133. The quantitative estimate of drug-likeness (QED) is 0.624. The normalized spacial score (nSPS) is 12.6. The molecule has 20 heavy (non-hydrogen) atoms. The number of nitrogens with zero attached hydrogens (tertiary/aromatic N) is 1. The van der Waals surface area contributed by atoms with Crippen LogP contribution < -0.4 is 5.32 Å². The van der Waals surface area contributed by atoms with E-state index in [9.17, 15) is 0 Å². The predicted octanol–water partition coefficient (Wildman–Crippen LogP) is 5.89. The summed E-state index contributed by atoms with van der Waals surface area (Å²) in [6.45, 7) is 2.10. The highest BCUT2D eigenvalue weighted by molar-refractivity contribution is 9.10. The molecule has 0 bridgehead atoms. The summed E-state index contributed by atoms with van der Waals surface area (Å²) >= 11 is 11.4. The van der Waals surface area contributed by atoms with Crippen LogP contribution in [0.3, 0.4) is 0 Å². The summed E-state index contributed by atoms with van der Waals surface area (Å²) in [5.41, 5.74) is 3.11. The van der Waals surface area contributed by atoms with Gasteiger partial charge in [-0.25, -0.2) is 0 Å². The van der Waals surface area contributed by atoms with Crippen molar-refractivity contribution in [1.29, 1.82) is 0 Å². The summed E-state index contributed by atoms with van der Waals surface area (Å²) in [6, 6.07) is 10.1. The maximum atomic E-state index is 6.21. The molecule has 3 rings (SSSR count). The van der Waals surface area contributed by atoms with E-state index in [1.54, 1.807) is 11.3 Å². The van der Waals surface area contributed by atoms with Gasteiger partial charge in [0.25, 0.3) is 0 Å². The van der Waals surface area contributed by atoms with Crippen LogP contribution in [0.15, 0.2) is 46.4 Å². The van der Waals surface area contributed by atoms with Gasteiger partial charge in [-0.15, -0.1) is 11.3 Å². The van der Waals surface area contributed by atoms with Crippen LogP contribution in [-0.4, -0.2) is 4.98 Å². The largest absolute Gasteiger partial charge is 0.377 e. The van der Waals surface area contributed by atoms with Crippen molar-refractivity contribution >= 4 is 54.8 Å². The van der Waals surface area contributed by atoms with E-state index in [2.05, 4.69) is 44.6 Å². The number of hydrogen-bond donors (Lipinski definition) is 1. The van der Waals surface area contributed by atoms with Gasteiger partial charge in [0.1, 0.15) is 0 Å². The number of anilines is 1. The monoisotopic (exact) mass is 366 g/mol. The Labute approximate surface area is 134 Å². The van der Waals surface area contributed by atoms with Crippen molar-refractivity contribution in [3.8, 4) is 0 Å². The standard InChI is InChI=1S/C15H12BrClN2S/c1-9(19-14-7-11(16)2-3-12(14)17)10-6-15-13(18-8-10)4-5-20-15/h2-9,19H,1H3. The number of hydrogen-bond acceptors (Lipinski definition) is 3. The number of halogens is 2. The molecule has 2 heterocycles. The molecule has 0 aliphatic rings. The van der Waals surface area contributed by atoms with Crippen molar-refractivity contribution in [3.63, 3.8) is 0 Å². The first kappa shape index (κ1) is 13.9. The Morgan fingerprint density at radius 3 is 3.00 bits per heavy atom. The zero-order chi connectivity index (χ0) is 14.1. The van der Waals surface area contributed by atoms with Crippen LogP contribution in [0, 0.1) is 0 Å². The lowest BCUT2D eigenvalue weighted by Gasteiger charge is -2.16. The summed E-state index contributed by atoms with van der Waals surface area (Å²) in [5, 5.41) is 6.20. The zero-order valence-corrected chi connectivity index (χ0v) is 13.9. The van der Waals surface area contributed by atoms with Crippen molar-refractivity contribution in [2.75, 3.05) is 5.32 Å². The van der Waals surface area contributed by atoms with Gasteiger partial charge in [-0.05, 0) is 48.2 Å². The number of aromatic nitrogens is 1. The minimum atomic E-state index is 0.140. The molecule has 1 unspecified atom stereocenters. The highest BCUT2D eigenvalue weighted by atomic mass is 79.9. The van der Waals surface area contributed by atoms with E-state index in [1.165, 1.54) is 4.70 Å². The van der Waals surface area contributed by atoms with Crippen LogP contribution in [0.5, 0.6) is 0 Å². The van der Waals surface area contributed by atoms with Crippen molar-refractivity contribution in [2.24, 2.45) is 0 Å². The van der Waals surface area contributed by atoms with Crippen molar-refractivity contribution in [3.05, 3.63) is 57.0 Å². The number of rotatable bonds is 3. The number of benzene rings is 1. The van der Waals surface area contributed by atoms with Crippen LogP contribution in [-0.2, 0) is 0 Å². The molecule has 1 N–H and O–H groups in total. The predicted molar refractivity (Wildman–Crippen MR) is 90.8 cm³/mol. The Balaban J connectivity index is 1.88. The van der Waals surface area contributed by atoms with Crippen LogP contribution >= 0.6 is 38.9 Å². The zero-order valence-electron chi connectivity index (χ0n) is 10.7. The van der Waals surface area contributed by atoms with Gasteiger partial charge in [-0.1, -0.05) is 27.5 Å². The van der Waals surface area contributed by atoms with Gasteiger partial charge in [0.2, 0.25) is 0 Å². The fourth-order valence-corrected chi connectivity index (χ4v) is 3.35. The second kappa shape index (κ2) is 5.72. The third kappa shape index (κ3) is 2.82. The average Bonchev–Trinajstić information content (AvgIpc) is 2.90. The van der Waals surface area contributed by atoms with E-state index in [1.807, 2.05) is 30.5 Å². The van der Waals surface area contributed by atoms with Gasteiger partial charge in [0, 0.05) is 10.7 Å². The van der Waals surface area contributed by atoms with Crippen LogP contribution in [0.1, 0.15) is 18.5 Å². The first-order valence-corrected chi connectivity index (χ1v) is 8.23. The lowest BCUT2D eigenvalue weighted by molar-refractivity contribution is 0.880. The lowest BCUT2D eigenvalue weighted by Crippen LogP contribution is -2.07. The SMILES string of the molecule is CC(Nc1cc(Br)ccc1Cl)c1cnc2ccsc2c1. The van der Waals surface area contributed by atoms with Crippen LogP contribution in [0.2, 0.25) is 5.02 Å². The molecule has 0 saturated carbocycles. The van der Waals surface area contributed by atoms with Gasteiger partial charge in [-0.3, -0.25) is 4.98 Å². The van der Waals surface area contributed by atoms with Gasteiger partial charge < -0.3 is 5.32 Å². The molecule has 1 atom stereocenters. The Morgan fingerprint density at radius 2 is 2.15 bits per heavy atom. The Hall–Kier alpha value is -1.10. The van der Waals surface area contributed by atoms with Crippen LogP contribution in [0.4, 0.5) is 5.69 Å². The van der Waals surface area contributed by atoms with Gasteiger partial charge in [0.15, 0.2) is 0 Å². The van der Waals surface area contributed by atoms with E-state index < -0.39 is 0 Å². The van der Waals surface area contributed by atoms with Gasteiger partial charge in [0.05, 0.1) is 27.0 Å². The molecular formula is C15H12BrClN2S. The van der Waals surface area contributed by atoms with E-state index in [-0.39, 0.29) is 6.04 Å².